The number of aromatic nitrogens is 1. The van der Waals surface area contributed by atoms with Gasteiger partial charge in [-0.25, -0.2) is 4.98 Å². The van der Waals surface area contributed by atoms with Gasteiger partial charge in [0.05, 0.1) is 5.92 Å². The summed E-state index contributed by atoms with van der Waals surface area (Å²) < 4.78 is 0. The summed E-state index contributed by atoms with van der Waals surface area (Å²) in [6, 6.07) is 11.4. The minimum atomic E-state index is -0.805. The van der Waals surface area contributed by atoms with E-state index in [4.69, 9.17) is 10.8 Å². The summed E-state index contributed by atoms with van der Waals surface area (Å²) in [6.45, 7) is 1.69. The highest BCUT2D eigenvalue weighted by Gasteiger charge is 2.12. The summed E-state index contributed by atoms with van der Waals surface area (Å²) in [5.74, 6) is 0.0484. The lowest BCUT2D eigenvalue weighted by Crippen LogP contribution is -2.07. The Labute approximate surface area is 122 Å². The normalized spacial score (nSPS) is 12.1. The van der Waals surface area contributed by atoms with Crippen molar-refractivity contribution in [2.45, 2.75) is 23.5 Å². The van der Waals surface area contributed by atoms with Crippen molar-refractivity contribution >= 4 is 23.5 Å². The minimum absolute atomic E-state index is 0.474. The topological polar surface area (TPSA) is 76.2 Å². The van der Waals surface area contributed by atoms with Gasteiger partial charge in [-0.2, -0.15) is 0 Å². The highest BCUT2D eigenvalue weighted by atomic mass is 32.2. The molecule has 0 aliphatic carbocycles. The van der Waals surface area contributed by atoms with Crippen LogP contribution >= 0.6 is 11.8 Å². The number of benzene rings is 1. The number of hydrogen-bond acceptors (Lipinski definition) is 4. The number of nitrogens with two attached hydrogens (primary N) is 1. The maximum Gasteiger partial charge on any atom is 0.310 e. The van der Waals surface area contributed by atoms with E-state index in [0.717, 1.165) is 21.8 Å². The molecule has 1 atom stereocenters. The van der Waals surface area contributed by atoms with Gasteiger partial charge >= 0.3 is 5.97 Å². The first-order valence-electron chi connectivity index (χ1n) is 6.22. The van der Waals surface area contributed by atoms with Gasteiger partial charge in [-0.05, 0) is 30.2 Å². The Balaban J connectivity index is 1.97. The van der Waals surface area contributed by atoms with Crippen molar-refractivity contribution in [1.82, 2.24) is 4.98 Å². The van der Waals surface area contributed by atoms with Crippen LogP contribution in [0.1, 0.15) is 24.0 Å². The molecule has 0 bridgehead atoms. The fraction of sp³-hybridized carbons (Fsp3) is 0.200. The highest BCUT2D eigenvalue weighted by molar-refractivity contribution is 7.98. The zero-order valence-electron chi connectivity index (χ0n) is 11.1. The van der Waals surface area contributed by atoms with Crippen molar-refractivity contribution in [2.24, 2.45) is 0 Å². The molecule has 1 heterocycles. The average Bonchev–Trinajstić information content (AvgIpc) is 2.46. The van der Waals surface area contributed by atoms with Crippen molar-refractivity contribution in [3.63, 3.8) is 0 Å². The molecule has 0 radical (unpaired) electrons. The van der Waals surface area contributed by atoms with Gasteiger partial charge in [0.25, 0.3) is 0 Å². The van der Waals surface area contributed by atoms with Gasteiger partial charge in [-0.1, -0.05) is 24.3 Å². The van der Waals surface area contributed by atoms with Gasteiger partial charge in [-0.3, -0.25) is 4.79 Å². The van der Waals surface area contributed by atoms with E-state index in [1.807, 2.05) is 30.3 Å². The summed E-state index contributed by atoms with van der Waals surface area (Å²) in [4.78, 5) is 16.0. The molecule has 0 fully saturated rings. The lowest BCUT2D eigenvalue weighted by molar-refractivity contribution is -0.138. The Hall–Kier alpha value is -2.01. The number of anilines is 1. The van der Waals surface area contributed by atoms with Gasteiger partial charge in [0.1, 0.15) is 5.82 Å². The van der Waals surface area contributed by atoms with Crippen LogP contribution in [0.4, 0.5) is 5.82 Å². The fourth-order valence-electron chi connectivity index (χ4n) is 1.69. The van der Waals surface area contributed by atoms with Gasteiger partial charge in [-0.15, -0.1) is 11.8 Å². The number of nitrogen functional groups attached to an aromatic ring is 1. The zero-order chi connectivity index (χ0) is 14.5. The standard InChI is InChI=1S/C15H16N2O2S/c1-10(15(18)19)12-4-2-11(3-5-12)9-20-13-6-7-14(16)17-8-13/h2-8,10H,9H2,1H3,(H2,16,17)(H,18,19). The molecular weight excluding hydrogens is 272 g/mol. The summed E-state index contributed by atoms with van der Waals surface area (Å²) in [6.07, 6.45) is 1.75. The summed E-state index contributed by atoms with van der Waals surface area (Å²) in [5, 5.41) is 8.96. The Bertz CT molecular complexity index is 582. The van der Waals surface area contributed by atoms with E-state index < -0.39 is 11.9 Å². The van der Waals surface area contributed by atoms with Crippen LogP contribution in [0.25, 0.3) is 0 Å². The van der Waals surface area contributed by atoms with Crippen molar-refractivity contribution in [2.75, 3.05) is 5.73 Å². The van der Waals surface area contributed by atoms with Crippen LogP contribution in [0.5, 0.6) is 0 Å². The van der Waals surface area contributed by atoms with Crippen molar-refractivity contribution in [3.8, 4) is 0 Å². The average molecular weight is 288 g/mol. The SMILES string of the molecule is CC(C(=O)O)c1ccc(CSc2ccc(N)nc2)cc1. The maximum atomic E-state index is 10.9. The first-order valence-corrected chi connectivity index (χ1v) is 7.21. The molecular formula is C15H16N2O2S. The number of nitrogens with zero attached hydrogens (tertiary/aromatic N) is 1. The van der Waals surface area contributed by atoms with Gasteiger partial charge in [0.15, 0.2) is 0 Å². The molecule has 1 aromatic carbocycles. The van der Waals surface area contributed by atoms with E-state index >= 15 is 0 Å². The van der Waals surface area contributed by atoms with Gasteiger partial charge < -0.3 is 10.8 Å². The Morgan fingerprint density at radius 1 is 1.30 bits per heavy atom. The largest absolute Gasteiger partial charge is 0.481 e. The van der Waals surface area contributed by atoms with Crippen LogP contribution in [-0.2, 0) is 10.5 Å². The molecule has 5 heteroatoms. The number of thioether (sulfide) groups is 1. The van der Waals surface area contributed by atoms with Crippen LogP contribution in [0.3, 0.4) is 0 Å². The maximum absolute atomic E-state index is 10.9. The number of carbonyl (C=O) groups is 1. The molecule has 0 spiro atoms. The molecule has 0 aliphatic heterocycles. The quantitative estimate of drug-likeness (QED) is 0.827. The molecule has 104 valence electrons. The van der Waals surface area contributed by atoms with E-state index in [2.05, 4.69) is 4.98 Å². The smallest absolute Gasteiger partial charge is 0.310 e. The lowest BCUT2D eigenvalue weighted by Gasteiger charge is -2.08. The third-order valence-corrected chi connectivity index (χ3v) is 4.07. The molecule has 0 saturated heterocycles. The number of aliphatic carboxylic acids is 1. The second kappa shape index (κ2) is 6.43. The molecule has 0 amide bonds. The second-order valence-electron chi connectivity index (χ2n) is 4.51. The van der Waals surface area contributed by atoms with Crippen molar-refractivity contribution in [3.05, 3.63) is 53.7 Å². The van der Waals surface area contributed by atoms with E-state index in [0.29, 0.717) is 5.82 Å². The molecule has 1 aromatic heterocycles. The minimum Gasteiger partial charge on any atom is -0.481 e. The van der Waals surface area contributed by atoms with E-state index in [9.17, 15) is 4.79 Å². The van der Waals surface area contributed by atoms with Gasteiger partial charge in [0, 0.05) is 16.8 Å². The zero-order valence-corrected chi connectivity index (χ0v) is 11.9. The Morgan fingerprint density at radius 3 is 2.55 bits per heavy atom. The number of carboxylic acids is 1. The van der Waals surface area contributed by atoms with E-state index in [1.54, 1.807) is 30.9 Å². The summed E-state index contributed by atoms with van der Waals surface area (Å²) >= 11 is 1.67. The molecule has 2 rings (SSSR count). The summed E-state index contributed by atoms with van der Waals surface area (Å²) in [5.41, 5.74) is 7.50. The lowest BCUT2D eigenvalue weighted by atomic mass is 10.0. The van der Waals surface area contributed by atoms with Crippen molar-refractivity contribution < 1.29 is 9.90 Å². The molecule has 2 aromatic rings. The third kappa shape index (κ3) is 3.74. The molecule has 20 heavy (non-hydrogen) atoms. The fourth-order valence-corrected chi connectivity index (χ4v) is 2.51. The first-order chi connectivity index (χ1) is 9.56. The molecule has 0 aliphatic rings. The van der Waals surface area contributed by atoms with E-state index in [-0.39, 0.29) is 0 Å². The number of carboxylic acid groups (broad SMARTS) is 1. The molecule has 1 unspecified atom stereocenters. The van der Waals surface area contributed by atoms with Crippen LogP contribution in [0, 0.1) is 0 Å². The Kier molecular flexibility index (Phi) is 4.63. The molecule has 4 nitrogen and oxygen atoms in total. The number of rotatable bonds is 5. The number of hydrogen-bond donors (Lipinski definition) is 2. The third-order valence-electron chi connectivity index (χ3n) is 3.01. The summed E-state index contributed by atoms with van der Waals surface area (Å²) in [7, 11) is 0. The highest BCUT2D eigenvalue weighted by Crippen LogP contribution is 2.24. The van der Waals surface area contributed by atoms with Crippen LogP contribution in [-0.4, -0.2) is 16.1 Å². The predicted molar refractivity (Wildman–Crippen MR) is 80.7 cm³/mol. The van der Waals surface area contributed by atoms with Crippen LogP contribution in [0.15, 0.2) is 47.5 Å². The molecule has 3 N–H and O–H groups in total. The molecule has 0 saturated carbocycles. The second-order valence-corrected chi connectivity index (χ2v) is 5.56. The van der Waals surface area contributed by atoms with E-state index in [1.165, 1.54) is 0 Å². The monoisotopic (exact) mass is 288 g/mol. The van der Waals surface area contributed by atoms with Gasteiger partial charge in [0.2, 0.25) is 0 Å². The first kappa shape index (κ1) is 14.4. The van der Waals surface area contributed by atoms with Crippen molar-refractivity contribution in [1.29, 1.82) is 0 Å². The van der Waals surface area contributed by atoms with Crippen LogP contribution in [0.2, 0.25) is 0 Å². The predicted octanol–water partition coefficient (Wildman–Crippen LogP) is 3.14. The Morgan fingerprint density at radius 2 is 2.00 bits per heavy atom. The number of pyridine rings is 1. The van der Waals surface area contributed by atoms with Crippen LogP contribution < -0.4 is 5.73 Å².